The van der Waals surface area contributed by atoms with Crippen molar-refractivity contribution in [2.75, 3.05) is 19.9 Å². The molecular weight excluding hydrogens is 580 g/mol. The fourth-order valence-corrected chi connectivity index (χ4v) is 10.1. The van der Waals surface area contributed by atoms with Crippen LogP contribution in [0.4, 0.5) is 0 Å². The van der Waals surface area contributed by atoms with Gasteiger partial charge in [0.05, 0.1) is 19.3 Å². The molecule has 3 saturated carbocycles. The summed E-state index contributed by atoms with van der Waals surface area (Å²) in [4.78, 5) is 23.0. The molecule has 0 aromatic rings. The number of carboxylic acids is 1. The maximum absolute atomic E-state index is 12.2. The average molecular weight is 645 g/mol. The molecule has 4 rings (SSSR count). The largest absolute Gasteiger partial charge is 0.478 e. The molecule has 9 unspecified atom stereocenters. The normalized spacial score (nSPS) is 34.0. The van der Waals surface area contributed by atoms with E-state index in [0.29, 0.717) is 17.3 Å². The van der Waals surface area contributed by atoms with Gasteiger partial charge in [0.2, 0.25) is 0 Å². The third kappa shape index (κ3) is 8.53. The van der Waals surface area contributed by atoms with Crippen molar-refractivity contribution in [1.82, 2.24) is 5.32 Å². The minimum atomic E-state index is -1.12. The van der Waals surface area contributed by atoms with Crippen LogP contribution in [0.25, 0.3) is 0 Å². The Morgan fingerprint density at radius 2 is 1.72 bits per heavy atom. The highest BCUT2D eigenvalue weighted by Gasteiger charge is 2.59. The van der Waals surface area contributed by atoms with Crippen LogP contribution >= 0.6 is 0 Å². The van der Waals surface area contributed by atoms with Crippen LogP contribution in [0.15, 0.2) is 34.9 Å². The summed E-state index contributed by atoms with van der Waals surface area (Å²) < 4.78 is 5.76. The van der Waals surface area contributed by atoms with E-state index in [1.807, 2.05) is 0 Å². The molecule has 0 radical (unpaired) electrons. The number of nitrogens with one attached hydrogen (secondary N) is 1. The number of aliphatic hydroxyl groups excluding tert-OH is 2. The summed E-state index contributed by atoms with van der Waals surface area (Å²) in [6.45, 7) is 16.9. The molecule has 3 fully saturated rings. The first-order valence-electron chi connectivity index (χ1n) is 17.9. The number of aliphatic hydroxyl groups is 2. The van der Waals surface area contributed by atoms with Gasteiger partial charge in [-0.3, -0.25) is 5.32 Å². The number of carbonyl (C=O) groups excluding carboxylic acids is 1. The van der Waals surface area contributed by atoms with Crippen LogP contribution in [-0.2, 0) is 14.3 Å². The van der Waals surface area contributed by atoms with E-state index in [4.69, 9.17) is 25.8 Å². The highest BCUT2D eigenvalue weighted by atomic mass is 16.5. The molecule has 0 aromatic carbocycles. The summed E-state index contributed by atoms with van der Waals surface area (Å²) >= 11 is 0. The summed E-state index contributed by atoms with van der Waals surface area (Å²) in [5.74, 6) is 2.10. The van der Waals surface area contributed by atoms with Crippen molar-refractivity contribution >= 4 is 11.9 Å². The highest BCUT2D eigenvalue weighted by Crippen LogP contribution is 2.67. The Bertz CT molecular complexity index is 1120. The smallest absolute Gasteiger partial charge is 0.331 e. The van der Waals surface area contributed by atoms with E-state index in [9.17, 15) is 9.59 Å². The predicted octanol–water partition coefficient (Wildman–Crippen LogP) is 6.37. The third-order valence-corrected chi connectivity index (χ3v) is 12.8. The first-order valence-corrected chi connectivity index (χ1v) is 17.9. The van der Waals surface area contributed by atoms with E-state index in [1.54, 1.807) is 11.1 Å². The number of carbonyl (C=O) groups is 2. The second kappa shape index (κ2) is 16.9. The molecule has 0 aromatic heterocycles. The van der Waals surface area contributed by atoms with E-state index in [0.717, 1.165) is 49.2 Å². The van der Waals surface area contributed by atoms with Gasteiger partial charge in [0.1, 0.15) is 6.10 Å². The molecule has 0 amide bonds. The van der Waals surface area contributed by atoms with Gasteiger partial charge in [-0.05, 0) is 124 Å². The lowest BCUT2D eigenvalue weighted by Crippen LogP contribution is -2.53. The van der Waals surface area contributed by atoms with E-state index < -0.39 is 11.9 Å². The Balaban J connectivity index is 0.000000637. The van der Waals surface area contributed by atoms with Gasteiger partial charge >= 0.3 is 11.9 Å². The maximum Gasteiger partial charge on any atom is 0.331 e. The maximum atomic E-state index is 12.2. The number of allylic oxidation sites excluding steroid dienone is 4. The van der Waals surface area contributed by atoms with Gasteiger partial charge in [0.25, 0.3) is 0 Å². The Morgan fingerprint density at radius 3 is 2.28 bits per heavy atom. The summed E-state index contributed by atoms with van der Waals surface area (Å²) in [6.07, 6.45) is 16.6. The molecule has 0 bridgehead atoms. The highest BCUT2D eigenvalue weighted by molar-refractivity contribution is 5.90. The number of esters is 1. The molecule has 8 nitrogen and oxygen atoms in total. The number of fused-ring (bicyclic) bond motifs is 5. The zero-order valence-corrected chi connectivity index (χ0v) is 29.7. The van der Waals surface area contributed by atoms with Crippen molar-refractivity contribution in [2.24, 2.45) is 52.1 Å². The van der Waals surface area contributed by atoms with Gasteiger partial charge in [-0.1, -0.05) is 57.4 Å². The third-order valence-electron chi connectivity index (χ3n) is 12.8. The number of hydrogen-bond acceptors (Lipinski definition) is 7. The molecule has 4 aliphatic carbocycles. The Hall–Kier alpha value is -2.00. The Morgan fingerprint density at radius 1 is 1.07 bits per heavy atom. The van der Waals surface area contributed by atoms with Crippen LogP contribution in [0.1, 0.15) is 113 Å². The number of hydrogen-bond donors (Lipinski definition) is 5. The number of ether oxygens (including phenoxy) is 1. The molecule has 4 aliphatic rings. The van der Waals surface area contributed by atoms with Crippen molar-refractivity contribution in [1.29, 1.82) is 0 Å². The molecule has 0 heterocycles. The second-order valence-corrected chi connectivity index (χ2v) is 15.4. The minimum Gasteiger partial charge on any atom is -0.478 e. The molecule has 0 aliphatic heterocycles. The lowest BCUT2D eigenvalue weighted by molar-refractivity contribution is -0.156. The molecule has 8 heteroatoms. The number of aliphatic carboxylic acids is 1. The zero-order valence-electron chi connectivity index (χ0n) is 29.7. The summed E-state index contributed by atoms with van der Waals surface area (Å²) in [5.41, 5.74) is 10.7. The first kappa shape index (κ1) is 38.4. The number of carboxylic acid groups (broad SMARTS) is 1. The van der Waals surface area contributed by atoms with Crippen LogP contribution in [0.2, 0.25) is 0 Å². The molecule has 0 saturated heterocycles. The van der Waals surface area contributed by atoms with Crippen molar-refractivity contribution in [2.45, 2.75) is 125 Å². The van der Waals surface area contributed by atoms with Gasteiger partial charge in [-0.25, -0.2) is 9.59 Å². The van der Waals surface area contributed by atoms with Crippen LogP contribution < -0.4 is 11.1 Å². The topological polar surface area (TPSA) is 142 Å². The van der Waals surface area contributed by atoms with Crippen molar-refractivity contribution < 1.29 is 29.6 Å². The molecule has 262 valence electrons. The van der Waals surface area contributed by atoms with Crippen molar-refractivity contribution in [3.05, 3.63) is 34.9 Å². The fraction of sp³-hybridized carbons (Fsp3) is 0.789. The van der Waals surface area contributed by atoms with Gasteiger partial charge in [0, 0.05) is 18.8 Å². The van der Waals surface area contributed by atoms with Gasteiger partial charge in [-0.15, -0.1) is 0 Å². The molecule has 6 N–H and O–H groups in total. The molecule has 0 spiro atoms. The average Bonchev–Trinajstić information content (AvgIpc) is 3.38. The molecular formula is C38H64N2O6. The molecule has 46 heavy (non-hydrogen) atoms. The standard InChI is InChI=1S/C34H52O4.C4H12N2O2/c1-8-24(21(2)3)10-9-22(4)26-13-14-28-25-11-12-27-23(5)30(38-32(37)16-15-31(35)36)18-20-34(27,7)29(25)17-19-33(26,28)6;5-3-6-4(1-7)2-8/h11,15-16,22-23,26-30H,8-10,12-14,17-20H2,1-7H3,(H,35,36);4,6-8H,1-3,5H2/b16-15+;. The number of rotatable bonds is 12. The summed E-state index contributed by atoms with van der Waals surface area (Å²) in [7, 11) is 0. The van der Waals surface area contributed by atoms with Gasteiger partial charge < -0.3 is 25.8 Å². The van der Waals surface area contributed by atoms with Gasteiger partial charge in [-0.2, -0.15) is 0 Å². The summed E-state index contributed by atoms with van der Waals surface area (Å²) in [5, 5.41) is 28.2. The minimum absolute atomic E-state index is 0.0757. The Labute approximate surface area is 278 Å². The quantitative estimate of drug-likeness (QED) is 0.0714. The van der Waals surface area contributed by atoms with Crippen LogP contribution in [0.3, 0.4) is 0 Å². The van der Waals surface area contributed by atoms with Crippen molar-refractivity contribution in [3.63, 3.8) is 0 Å². The van der Waals surface area contributed by atoms with Crippen LogP contribution in [0, 0.1) is 46.3 Å². The second-order valence-electron chi connectivity index (χ2n) is 15.4. The predicted molar refractivity (Wildman–Crippen MR) is 184 cm³/mol. The summed E-state index contributed by atoms with van der Waals surface area (Å²) in [6, 6.07) is -0.264. The monoisotopic (exact) mass is 644 g/mol. The van der Waals surface area contributed by atoms with Crippen LogP contribution in [-0.4, -0.2) is 59.3 Å². The van der Waals surface area contributed by atoms with E-state index in [-0.39, 0.29) is 43.4 Å². The van der Waals surface area contributed by atoms with E-state index >= 15 is 0 Å². The Kier molecular flexibility index (Phi) is 14.1. The first-order chi connectivity index (χ1) is 21.8. The zero-order chi connectivity index (χ0) is 34.2. The van der Waals surface area contributed by atoms with E-state index in [1.165, 1.54) is 50.5 Å². The number of nitrogens with two attached hydrogens (primary N) is 1. The lowest BCUT2D eigenvalue weighted by Gasteiger charge is -2.59. The SMILES string of the molecule is CCC(CCC(C)C1CCC2C3=CCC4C(C)C(OC(=O)/C=C/C(=O)O)CCC4(C)C3CCC21C)=C(C)C.NCNC(CO)CO. The van der Waals surface area contributed by atoms with Crippen molar-refractivity contribution in [3.8, 4) is 0 Å². The fourth-order valence-electron chi connectivity index (χ4n) is 10.1. The lowest BCUT2D eigenvalue weighted by atomic mass is 9.46. The van der Waals surface area contributed by atoms with Gasteiger partial charge in [0.15, 0.2) is 0 Å². The van der Waals surface area contributed by atoms with E-state index in [2.05, 4.69) is 59.9 Å². The van der Waals surface area contributed by atoms with Crippen LogP contribution in [0.5, 0.6) is 0 Å². The molecule has 9 atom stereocenters.